The van der Waals surface area contributed by atoms with Gasteiger partial charge in [0.05, 0.1) is 19.3 Å². The van der Waals surface area contributed by atoms with Crippen LogP contribution in [0.4, 0.5) is 0 Å². The molecule has 2 aromatic rings. The molecule has 4 atom stereocenters. The Labute approximate surface area is 227 Å². The Morgan fingerprint density at radius 1 is 1.03 bits per heavy atom. The van der Waals surface area contributed by atoms with Crippen LogP contribution in [0.1, 0.15) is 49.3 Å². The molecule has 1 aliphatic carbocycles. The van der Waals surface area contributed by atoms with Crippen molar-refractivity contribution >= 4 is 24.8 Å². The Morgan fingerprint density at radius 3 is 2.44 bits per heavy atom. The molecule has 1 saturated carbocycles. The first-order chi connectivity index (χ1) is 16.6. The summed E-state index contributed by atoms with van der Waals surface area (Å²) in [6, 6.07) is 16.6. The minimum absolute atomic E-state index is 0. The molecule has 8 heteroatoms. The van der Waals surface area contributed by atoms with Crippen molar-refractivity contribution in [1.82, 2.24) is 9.80 Å². The molecule has 2 heterocycles. The van der Waals surface area contributed by atoms with Crippen molar-refractivity contribution in [3.8, 4) is 11.5 Å². The summed E-state index contributed by atoms with van der Waals surface area (Å²) in [5.74, 6) is 1.97. The third-order valence-corrected chi connectivity index (χ3v) is 7.92. The number of aliphatic hydroxyl groups excluding tert-OH is 1. The Kier molecular flexibility index (Phi) is 10.3. The molecule has 2 fully saturated rings. The Bertz CT molecular complexity index is 958. The van der Waals surface area contributed by atoms with Gasteiger partial charge in [0, 0.05) is 57.4 Å². The number of piperazine rings is 1. The smallest absolute Gasteiger partial charge is 0.154 e. The van der Waals surface area contributed by atoms with Crippen LogP contribution >= 0.6 is 24.8 Å². The van der Waals surface area contributed by atoms with E-state index in [1.165, 1.54) is 11.1 Å². The molecule has 1 saturated heterocycles. The fourth-order valence-corrected chi connectivity index (χ4v) is 6.10. The van der Waals surface area contributed by atoms with Gasteiger partial charge in [-0.3, -0.25) is 9.80 Å². The van der Waals surface area contributed by atoms with Gasteiger partial charge in [0.2, 0.25) is 0 Å². The number of hydrogen-bond acceptors (Lipinski definition) is 6. The summed E-state index contributed by atoms with van der Waals surface area (Å²) in [5.41, 5.74) is 1.87. The fourth-order valence-electron chi connectivity index (χ4n) is 6.10. The topological polar surface area (TPSA) is 54.4 Å². The zero-order valence-corrected chi connectivity index (χ0v) is 22.9. The molecule has 200 valence electrons. The quantitative estimate of drug-likeness (QED) is 0.526. The van der Waals surface area contributed by atoms with E-state index in [-0.39, 0.29) is 36.8 Å². The van der Waals surface area contributed by atoms with Crippen LogP contribution < -0.4 is 9.47 Å². The summed E-state index contributed by atoms with van der Waals surface area (Å²) < 4.78 is 18.2. The van der Waals surface area contributed by atoms with Crippen molar-refractivity contribution < 1.29 is 19.3 Å². The third-order valence-electron chi connectivity index (χ3n) is 7.92. The summed E-state index contributed by atoms with van der Waals surface area (Å²) >= 11 is 0. The van der Waals surface area contributed by atoms with Crippen molar-refractivity contribution in [3.63, 3.8) is 0 Å². The lowest BCUT2D eigenvalue weighted by Gasteiger charge is -2.46. The number of rotatable bonds is 8. The van der Waals surface area contributed by atoms with E-state index in [1.54, 1.807) is 7.11 Å². The highest BCUT2D eigenvalue weighted by Gasteiger charge is 2.55. The molecule has 0 bridgehead atoms. The zero-order valence-electron chi connectivity index (χ0n) is 21.3. The lowest BCUT2D eigenvalue weighted by atomic mass is 9.71. The number of aliphatic hydroxyl groups is 1. The SMILES string of the molecule is CCOC(CN1CCN(CC23Oc4ccc(OC)cc4C2CCCC3O)CC1)c1ccccc1.Cl.Cl. The summed E-state index contributed by atoms with van der Waals surface area (Å²) in [5, 5.41) is 11.2. The Morgan fingerprint density at radius 2 is 1.75 bits per heavy atom. The lowest BCUT2D eigenvalue weighted by molar-refractivity contribution is -0.0998. The number of benzene rings is 2. The minimum atomic E-state index is -0.562. The molecule has 5 rings (SSSR count). The standard InChI is InChI=1S/C28H38N2O4.2ClH/c1-3-33-26(21-8-5-4-6-9-21)19-29-14-16-30(17-15-29)20-28-24(10-7-11-27(28)31)23-18-22(32-2)12-13-25(23)34-28;;/h4-6,8-9,12-13,18,24,26-27,31H,3,7,10-11,14-17,19-20H2,1-2H3;2*1H. The maximum absolute atomic E-state index is 11.2. The normalized spacial score (nSPS) is 26.5. The van der Waals surface area contributed by atoms with Crippen molar-refractivity contribution in [3.05, 3.63) is 59.7 Å². The maximum Gasteiger partial charge on any atom is 0.154 e. The highest BCUT2D eigenvalue weighted by Crippen LogP contribution is 2.53. The van der Waals surface area contributed by atoms with E-state index < -0.39 is 11.7 Å². The van der Waals surface area contributed by atoms with E-state index in [0.717, 1.165) is 70.0 Å². The summed E-state index contributed by atoms with van der Waals surface area (Å²) in [7, 11) is 1.70. The van der Waals surface area contributed by atoms with E-state index in [9.17, 15) is 5.11 Å². The molecule has 2 aromatic carbocycles. The molecule has 4 unspecified atom stereocenters. The third kappa shape index (κ3) is 5.79. The Balaban J connectivity index is 0.00000180. The first-order valence-corrected chi connectivity index (χ1v) is 12.8. The number of methoxy groups -OCH3 is 1. The monoisotopic (exact) mass is 538 g/mol. The van der Waals surface area contributed by atoms with Gasteiger partial charge < -0.3 is 19.3 Å². The van der Waals surface area contributed by atoms with Gasteiger partial charge >= 0.3 is 0 Å². The summed E-state index contributed by atoms with van der Waals surface area (Å²) in [6.07, 6.45) is 2.52. The molecular weight excluding hydrogens is 499 g/mol. The van der Waals surface area contributed by atoms with Gasteiger partial charge in [-0.25, -0.2) is 0 Å². The van der Waals surface area contributed by atoms with E-state index in [1.807, 2.05) is 12.1 Å². The van der Waals surface area contributed by atoms with Crippen molar-refractivity contribution in [1.29, 1.82) is 0 Å². The van der Waals surface area contributed by atoms with Crippen molar-refractivity contribution in [2.45, 2.75) is 49.9 Å². The number of halogens is 2. The minimum Gasteiger partial charge on any atom is -0.497 e. The van der Waals surface area contributed by atoms with Gasteiger partial charge in [-0.1, -0.05) is 30.3 Å². The van der Waals surface area contributed by atoms with E-state index >= 15 is 0 Å². The van der Waals surface area contributed by atoms with Gasteiger partial charge in [0.15, 0.2) is 5.60 Å². The molecular formula is C28H40Cl2N2O4. The van der Waals surface area contributed by atoms with Crippen LogP contribution in [0, 0.1) is 0 Å². The van der Waals surface area contributed by atoms with E-state index in [2.05, 4.69) is 53.1 Å². The average Bonchev–Trinajstić information content (AvgIpc) is 3.20. The second kappa shape index (κ2) is 12.8. The van der Waals surface area contributed by atoms with Crippen LogP contribution in [-0.2, 0) is 4.74 Å². The van der Waals surface area contributed by atoms with Crippen LogP contribution in [-0.4, -0.2) is 79.6 Å². The first kappa shape index (κ1) is 29.0. The van der Waals surface area contributed by atoms with Gasteiger partial charge in [-0.05, 0) is 49.9 Å². The molecule has 0 amide bonds. The molecule has 36 heavy (non-hydrogen) atoms. The largest absolute Gasteiger partial charge is 0.497 e. The lowest BCUT2D eigenvalue weighted by Crippen LogP contribution is -2.61. The van der Waals surface area contributed by atoms with Gasteiger partial charge in [-0.2, -0.15) is 0 Å². The number of fused-ring (bicyclic) bond motifs is 3. The van der Waals surface area contributed by atoms with Gasteiger partial charge in [-0.15, -0.1) is 24.8 Å². The Hall–Kier alpha value is -1.54. The van der Waals surface area contributed by atoms with E-state index in [0.29, 0.717) is 6.61 Å². The second-order valence-corrected chi connectivity index (χ2v) is 9.89. The van der Waals surface area contributed by atoms with Crippen LogP contribution in [0.2, 0.25) is 0 Å². The summed E-state index contributed by atoms with van der Waals surface area (Å²) in [4.78, 5) is 4.99. The number of nitrogens with zero attached hydrogens (tertiary/aromatic N) is 2. The first-order valence-electron chi connectivity index (χ1n) is 12.8. The molecule has 3 aliphatic rings. The van der Waals surface area contributed by atoms with Gasteiger partial charge in [0.25, 0.3) is 0 Å². The van der Waals surface area contributed by atoms with Crippen molar-refractivity contribution in [2.24, 2.45) is 0 Å². The predicted molar refractivity (Wildman–Crippen MR) is 147 cm³/mol. The highest BCUT2D eigenvalue weighted by molar-refractivity contribution is 5.85. The van der Waals surface area contributed by atoms with E-state index in [4.69, 9.17) is 14.2 Å². The fraction of sp³-hybridized carbons (Fsp3) is 0.571. The van der Waals surface area contributed by atoms with Crippen LogP contribution in [0.15, 0.2) is 48.5 Å². The zero-order chi connectivity index (χ0) is 23.5. The van der Waals surface area contributed by atoms with Gasteiger partial charge in [0.1, 0.15) is 11.5 Å². The number of ether oxygens (including phenoxy) is 3. The highest BCUT2D eigenvalue weighted by atomic mass is 35.5. The average molecular weight is 540 g/mol. The molecule has 2 aliphatic heterocycles. The second-order valence-electron chi connectivity index (χ2n) is 9.89. The summed E-state index contributed by atoms with van der Waals surface area (Å²) in [6.45, 7) is 8.37. The van der Waals surface area contributed by atoms with Crippen LogP contribution in [0.25, 0.3) is 0 Å². The molecule has 6 nitrogen and oxygen atoms in total. The maximum atomic E-state index is 11.2. The van der Waals surface area contributed by atoms with Crippen LogP contribution in [0.3, 0.4) is 0 Å². The number of hydrogen-bond donors (Lipinski definition) is 1. The predicted octanol–water partition coefficient (Wildman–Crippen LogP) is 4.69. The molecule has 0 spiro atoms. The molecule has 1 N–H and O–H groups in total. The molecule has 0 radical (unpaired) electrons. The van der Waals surface area contributed by atoms with Crippen LogP contribution in [0.5, 0.6) is 11.5 Å². The molecule has 0 aromatic heterocycles. The van der Waals surface area contributed by atoms with Crippen molar-refractivity contribution in [2.75, 3.05) is 53.0 Å².